The Morgan fingerprint density at radius 1 is 1.39 bits per heavy atom. The van der Waals surface area contributed by atoms with Crippen molar-refractivity contribution < 1.29 is 0 Å². The Kier molecular flexibility index (Phi) is 2.52. The number of aromatic nitrogens is 6. The smallest absolute Gasteiger partial charge is 0.224 e. The van der Waals surface area contributed by atoms with Crippen LogP contribution in [0.3, 0.4) is 0 Å². The highest BCUT2D eigenvalue weighted by Gasteiger charge is 2.07. The van der Waals surface area contributed by atoms with Gasteiger partial charge in [0, 0.05) is 18.9 Å². The number of aromatic amines is 1. The summed E-state index contributed by atoms with van der Waals surface area (Å²) in [5.74, 6) is 0.895. The summed E-state index contributed by atoms with van der Waals surface area (Å²) in [4.78, 5) is 8.20. The fraction of sp³-hybridized carbons (Fsp3) is 0.200. The number of H-pyrrole nitrogens is 1. The maximum absolute atomic E-state index is 5.62. The van der Waals surface area contributed by atoms with Gasteiger partial charge in [-0.25, -0.2) is 0 Å². The molecular weight excluding hydrogens is 232 g/mol. The monoisotopic (exact) mass is 244 g/mol. The first-order valence-corrected chi connectivity index (χ1v) is 5.51. The average molecular weight is 244 g/mol. The van der Waals surface area contributed by atoms with Gasteiger partial charge in [0.05, 0.1) is 18.1 Å². The van der Waals surface area contributed by atoms with Gasteiger partial charge in [0.2, 0.25) is 5.95 Å². The Hall–Kier alpha value is -2.64. The number of nitrogens with one attached hydrogen (secondary N) is 2. The van der Waals surface area contributed by atoms with E-state index in [0.29, 0.717) is 18.0 Å². The van der Waals surface area contributed by atoms with Crippen LogP contribution in [-0.2, 0) is 6.54 Å². The Morgan fingerprint density at radius 2 is 2.33 bits per heavy atom. The van der Waals surface area contributed by atoms with E-state index in [1.54, 1.807) is 12.4 Å². The van der Waals surface area contributed by atoms with E-state index in [4.69, 9.17) is 5.73 Å². The third kappa shape index (κ3) is 1.95. The first-order chi connectivity index (χ1) is 8.83. The van der Waals surface area contributed by atoms with Crippen LogP contribution in [0.1, 0.15) is 0 Å². The molecule has 3 rings (SSSR count). The second-order valence-corrected chi connectivity index (χ2v) is 3.76. The van der Waals surface area contributed by atoms with Crippen LogP contribution in [-0.4, -0.2) is 36.5 Å². The van der Waals surface area contributed by atoms with Crippen LogP contribution < -0.4 is 11.1 Å². The van der Waals surface area contributed by atoms with Gasteiger partial charge >= 0.3 is 0 Å². The molecule has 3 heterocycles. The van der Waals surface area contributed by atoms with Crippen LogP contribution in [0.15, 0.2) is 24.7 Å². The normalized spacial score (nSPS) is 10.9. The van der Waals surface area contributed by atoms with E-state index in [2.05, 4.69) is 30.6 Å². The third-order valence-corrected chi connectivity index (χ3v) is 2.52. The van der Waals surface area contributed by atoms with Crippen molar-refractivity contribution in [1.82, 2.24) is 29.9 Å². The summed E-state index contributed by atoms with van der Waals surface area (Å²) in [5.41, 5.74) is 6.25. The number of nitrogen functional groups attached to an aromatic ring is 1. The zero-order valence-corrected chi connectivity index (χ0v) is 9.54. The van der Waals surface area contributed by atoms with Gasteiger partial charge in [-0.3, -0.25) is 9.78 Å². The molecule has 0 aliphatic heterocycles. The number of anilines is 2. The minimum absolute atomic E-state index is 0.216. The summed E-state index contributed by atoms with van der Waals surface area (Å²) in [6.45, 7) is 1.44. The lowest BCUT2D eigenvalue weighted by atomic mass is 10.4. The summed E-state index contributed by atoms with van der Waals surface area (Å²) in [6, 6.07) is 1.89. The van der Waals surface area contributed by atoms with Crippen molar-refractivity contribution >= 4 is 22.8 Å². The molecule has 0 aliphatic rings. The number of fused-ring (bicyclic) bond motifs is 1. The zero-order valence-electron chi connectivity index (χ0n) is 9.54. The number of nitrogens with zero attached hydrogens (tertiary/aromatic N) is 5. The molecule has 0 spiro atoms. The molecule has 8 nitrogen and oxygen atoms in total. The molecule has 4 N–H and O–H groups in total. The van der Waals surface area contributed by atoms with E-state index in [-0.39, 0.29) is 5.95 Å². The van der Waals surface area contributed by atoms with Crippen LogP contribution in [0.25, 0.3) is 11.0 Å². The van der Waals surface area contributed by atoms with Crippen molar-refractivity contribution in [2.45, 2.75) is 6.54 Å². The van der Waals surface area contributed by atoms with Crippen molar-refractivity contribution in [3.8, 4) is 0 Å². The van der Waals surface area contributed by atoms with Gasteiger partial charge in [0.25, 0.3) is 0 Å². The van der Waals surface area contributed by atoms with E-state index in [1.165, 1.54) is 0 Å². The van der Waals surface area contributed by atoms with E-state index >= 15 is 0 Å². The van der Waals surface area contributed by atoms with Gasteiger partial charge in [0.15, 0.2) is 5.65 Å². The molecule has 0 atom stereocenters. The lowest BCUT2D eigenvalue weighted by Crippen LogP contribution is -2.12. The molecule has 0 bridgehead atoms. The zero-order chi connectivity index (χ0) is 12.4. The van der Waals surface area contributed by atoms with Gasteiger partial charge < -0.3 is 11.1 Å². The van der Waals surface area contributed by atoms with E-state index in [0.717, 1.165) is 11.9 Å². The highest BCUT2D eigenvalue weighted by molar-refractivity contribution is 5.86. The maximum atomic E-state index is 5.62. The minimum Gasteiger partial charge on any atom is -0.368 e. The molecule has 8 heteroatoms. The van der Waals surface area contributed by atoms with Crippen LogP contribution >= 0.6 is 0 Å². The van der Waals surface area contributed by atoms with E-state index < -0.39 is 0 Å². The predicted molar refractivity (Wildman–Crippen MR) is 66.8 cm³/mol. The second-order valence-electron chi connectivity index (χ2n) is 3.76. The van der Waals surface area contributed by atoms with Crippen LogP contribution in [0.5, 0.6) is 0 Å². The molecule has 0 unspecified atom stereocenters. The third-order valence-electron chi connectivity index (χ3n) is 2.52. The number of hydrogen-bond acceptors (Lipinski definition) is 6. The standard InChI is InChI=1S/C10H12N8/c11-10-15-8(7-6-13-17-9(7)16-10)12-3-5-18-4-1-2-14-18/h1-2,4,6H,3,5H2,(H4,11,12,13,15,16,17). The highest BCUT2D eigenvalue weighted by Crippen LogP contribution is 2.18. The SMILES string of the molecule is Nc1nc(NCCn2cccn2)c2cn[nH]c2n1. The summed E-state index contributed by atoms with van der Waals surface area (Å²) >= 11 is 0. The van der Waals surface area contributed by atoms with Crippen molar-refractivity contribution in [2.24, 2.45) is 0 Å². The van der Waals surface area contributed by atoms with Crippen LogP contribution in [0.4, 0.5) is 11.8 Å². The number of hydrogen-bond donors (Lipinski definition) is 3. The minimum atomic E-state index is 0.216. The average Bonchev–Trinajstić information content (AvgIpc) is 2.98. The van der Waals surface area contributed by atoms with Gasteiger partial charge in [-0.1, -0.05) is 0 Å². The topological polar surface area (TPSA) is 110 Å². The van der Waals surface area contributed by atoms with Gasteiger partial charge in [-0.2, -0.15) is 20.2 Å². The summed E-state index contributed by atoms with van der Waals surface area (Å²) < 4.78 is 1.84. The fourth-order valence-corrected chi connectivity index (χ4v) is 1.71. The molecule has 0 saturated carbocycles. The molecule has 0 aromatic carbocycles. The Bertz CT molecular complexity index is 641. The molecule has 0 radical (unpaired) electrons. The number of nitrogens with two attached hydrogens (primary N) is 1. The molecule has 0 amide bonds. The predicted octanol–water partition coefficient (Wildman–Crippen LogP) is 0.244. The molecule has 3 aromatic rings. The quantitative estimate of drug-likeness (QED) is 0.606. The van der Waals surface area contributed by atoms with E-state index in [9.17, 15) is 0 Å². The summed E-state index contributed by atoms with van der Waals surface area (Å²) in [5, 5.41) is 14.8. The second kappa shape index (κ2) is 4.32. The van der Waals surface area contributed by atoms with Crippen LogP contribution in [0.2, 0.25) is 0 Å². The maximum Gasteiger partial charge on any atom is 0.224 e. The Morgan fingerprint density at radius 3 is 3.17 bits per heavy atom. The fourth-order valence-electron chi connectivity index (χ4n) is 1.71. The van der Waals surface area contributed by atoms with Crippen molar-refractivity contribution in [3.63, 3.8) is 0 Å². The van der Waals surface area contributed by atoms with Crippen molar-refractivity contribution in [3.05, 3.63) is 24.7 Å². The largest absolute Gasteiger partial charge is 0.368 e. The molecule has 3 aromatic heterocycles. The first-order valence-electron chi connectivity index (χ1n) is 5.51. The molecule has 0 saturated heterocycles. The lowest BCUT2D eigenvalue weighted by molar-refractivity contribution is 0.637. The molecule has 0 aliphatic carbocycles. The van der Waals surface area contributed by atoms with Gasteiger partial charge in [0.1, 0.15) is 5.82 Å². The van der Waals surface area contributed by atoms with Gasteiger partial charge in [-0.05, 0) is 6.07 Å². The van der Waals surface area contributed by atoms with Crippen molar-refractivity contribution in [1.29, 1.82) is 0 Å². The first kappa shape index (κ1) is 10.5. The van der Waals surface area contributed by atoms with Crippen molar-refractivity contribution in [2.75, 3.05) is 17.6 Å². The Balaban J connectivity index is 1.75. The van der Waals surface area contributed by atoms with Crippen LogP contribution in [0, 0.1) is 0 Å². The molecule has 92 valence electrons. The van der Waals surface area contributed by atoms with E-state index in [1.807, 2.05) is 16.9 Å². The summed E-state index contributed by atoms with van der Waals surface area (Å²) in [7, 11) is 0. The highest BCUT2D eigenvalue weighted by atomic mass is 15.3. The molecule has 0 fully saturated rings. The number of rotatable bonds is 4. The lowest BCUT2D eigenvalue weighted by Gasteiger charge is -2.07. The summed E-state index contributed by atoms with van der Waals surface area (Å²) in [6.07, 6.45) is 5.32. The molecular formula is C10H12N8. The van der Waals surface area contributed by atoms with Gasteiger partial charge in [-0.15, -0.1) is 0 Å². The molecule has 18 heavy (non-hydrogen) atoms. The Labute approximate surface area is 102 Å².